The van der Waals surface area contributed by atoms with Crippen LogP contribution in [0.15, 0.2) is 24.5 Å². The smallest absolute Gasteiger partial charge is 0.223 e. The summed E-state index contributed by atoms with van der Waals surface area (Å²) in [5.41, 5.74) is 1.15. The molecule has 104 valence electrons. The third-order valence-corrected chi connectivity index (χ3v) is 4.69. The third kappa shape index (κ3) is 3.96. The van der Waals surface area contributed by atoms with Crippen LogP contribution in [0.1, 0.15) is 50.0 Å². The van der Waals surface area contributed by atoms with Crippen LogP contribution in [-0.4, -0.2) is 28.1 Å². The molecule has 0 saturated carbocycles. The lowest BCUT2D eigenvalue weighted by molar-refractivity contribution is -0.131. The van der Waals surface area contributed by atoms with Crippen molar-refractivity contribution in [3.63, 3.8) is 0 Å². The Morgan fingerprint density at radius 3 is 3.11 bits per heavy atom. The Morgan fingerprint density at radius 2 is 2.37 bits per heavy atom. The predicted molar refractivity (Wildman–Crippen MR) is 79.9 cm³/mol. The zero-order valence-corrected chi connectivity index (χ0v) is 12.4. The average molecular weight is 278 g/mol. The van der Waals surface area contributed by atoms with Gasteiger partial charge in [-0.05, 0) is 12.5 Å². The van der Waals surface area contributed by atoms with Crippen molar-refractivity contribution in [2.75, 3.05) is 12.3 Å². The molecule has 4 heteroatoms. The molecule has 3 nitrogen and oxygen atoms in total. The summed E-state index contributed by atoms with van der Waals surface area (Å²) in [4.78, 5) is 18.5. The van der Waals surface area contributed by atoms with Crippen LogP contribution < -0.4 is 0 Å². The van der Waals surface area contributed by atoms with E-state index in [4.69, 9.17) is 0 Å². The molecular weight excluding hydrogens is 256 g/mol. The van der Waals surface area contributed by atoms with E-state index >= 15 is 0 Å². The Morgan fingerprint density at radius 1 is 1.47 bits per heavy atom. The minimum atomic E-state index is 0.173. The normalized spacial score (nSPS) is 18.8. The molecule has 0 N–H and O–H groups in total. The van der Waals surface area contributed by atoms with Crippen LogP contribution in [0.3, 0.4) is 0 Å². The second-order valence-corrected chi connectivity index (χ2v) is 6.10. The molecule has 1 aromatic heterocycles. The number of unbranched alkanes of at least 4 members (excludes halogenated alkanes) is 3. The van der Waals surface area contributed by atoms with Crippen molar-refractivity contribution in [3.8, 4) is 0 Å². The highest BCUT2D eigenvalue weighted by molar-refractivity contribution is 7.99. The lowest BCUT2D eigenvalue weighted by Gasteiger charge is -2.23. The van der Waals surface area contributed by atoms with E-state index in [2.05, 4.69) is 18.0 Å². The van der Waals surface area contributed by atoms with E-state index in [1.54, 1.807) is 6.20 Å². The summed E-state index contributed by atoms with van der Waals surface area (Å²) in [7, 11) is 0. The van der Waals surface area contributed by atoms with Gasteiger partial charge in [-0.25, -0.2) is 0 Å². The van der Waals surface area contributed by atoms with E-state index in [0.717, 1.165) is 24.3 Å². The molecule has 1 aliphatic heterocycles. The number of thioether (sulfide) groups is 1. The summed E-state index contributed by atoms with van der Waals surface area (Å²) in [6.45, 7) is 3.06. The van der Waals surface area contributed by atoms with Gasteiger partial charge in [0.15, 0.2) is 0 Å². The number of pyridine rings is 1. The van der Waals surface area contributed by atoms with E-state index in [-0.39, 0.29) is 5.37 Å². The summed E-state index contributed by atoms with van der Waals surface area (Å²) >= 11 is 1.84. The highest BCUT2D eigenvalue weighted by Gasteiger charge is 2.30. The molecule has 1 fully saturated rings. The molecule has 1 aromatic rings. The number of rotatable bonds is 6. The summed E-state index contributed by atoms with van der Waals surface area (Å²) in [6, 6.07) is 4.01. The maximum atomic E-state index is 12.3. The first kappa shape index (κ1) is 14.4. The number of hydrogen-bond acceptors (Lipinski definition) is 3. The molecule has 0 unspecified atom stereocenters. The molecule has 0 aromatic carbocycles. The van der Waals surface area contributed by atoms with Gasteiger partial charge < -0.3 is 4.90 Å². The van der Waals surface area contributed by atoms with Gasteiger partial charge in [0, 0.05) is 36.7 Å². The van der Waals surface area contributed by atoms with Gasteiger partial charge in [-0.2, -0.15) is 0 Å². The zero-order chi connectivity index (χ0) is 13.5. The first-order chi connectivity index (χ1) is 9.33. The van der Waals surface area contributed by atoms with Gasteiger partial charge >= 0.3 is 0 Å². The molecule has 0 aliphatic carbocycles. The number of amides is 1. The fourth-order valence-electron chi connectivity index (χ4n) is 2.37. The molecule has 2 heterocycles. The molecule has 2 rings (SSSR count). The monoisotopic (exact) mass is 278 g/mol. The Balaban J connectivity index is 1.90. The molecule has 19 heavy (non-hydrogen) atoms. The largest absolute Gasteiger partial charge is 0.326 e. The second kappa shape index (κ2) is 7.53. The molecule has 0 bridgehead atoms. The summed E-state index contributed by atoms with van der Waals surface area (Å²) in [6.07, 6.45) is 8.98. The third-order valence-electron chi connectivity index (χ3n) is 3.43. The van der Waals surface area contributed by atoms with Crippen molar-refractivity contribution in [2.45, 2.75) is 44.4 Å². The number of carbonyl (C=O) groups is 1. The average Bonchev–Trinajstić information content (AvgIpc) is 2.94. The predicted octanol–water partition coefficient (Wildman–Crippen LogP) is 3.63. The van der Waals surface area contributed by atoms with E-state index in [1.807, 2.05) is 28.9 Å². The van der Waals surface area contributed by atoms with Crippen LogP contribution in [0.5, 0.6) is 0 Å². The van der Waals surface area contributed by atoms with E-state index < -0.39 is 0 Å². The standard InChI is InChI=1S/C15H22N2OS/c1-2-3-4-5-8-14(18)17-10-11-19-15(17)13-7-6-9-16-12-13/h6-7,9,12,15H,2-5,8,10-11H2,1H3/t15-/m0/s1. The van der Waals surface area contributed by atoms with Crippen LogP contribution in [0, 0.1) is 0 Å². The first-order valence-electron chi connectivity index (χ1n) is 7.14. The van der Waals surface area contributed by atoms with Crippen molar-refractivity contribution in [3.05, 3.63) is 30.1 Å². The van der Waals surface area contributed by atoms with E-state index in [9.17, 15) is 4.79 Å². The molecular formula is C15H22N2OS. The first-order valence-corrected chi connectivity index (χ1v) is 8.19. The Bertz CT molecular complexity index is 396. The highest BCUT2D eigenvalue weighted by atomic mass is 32.2. The fraction of sp³-hybridized carbons (Fsp3) is 0.600. The Hall–Kier alpha value is -1.03. The molecule has 1 saturated heterocycles. The summed E-state index contributed by atoms with van der Waals surface area (Å²) < 4.78 is 0. The van der Waals surface area contributed by atoms with Crippen molar-refractivity contribution in [2.24, 2.45) is 0 Å². The molecule has 1 amide bonds. The molecule has 0 spiro atoms. The van der Waals surface area contributed by atoms with Crippen LogP contribution in [0.2, 0.25) is 0 Å². The Labute approximate surface area is 119 Å². The lowest BCUT2D eigenvalue weighted by atomic mass is 10.1. The van der Waals surface area contributed by atoms with Crippen LogP contribution in [0.4, 0.5) is 0 Å². The molecule has 0 radical (unpaired) electrons. The van der Waals surface area contributed by atoms with Gasteiger partial charge in [0.25, 0.3) is 0 Å². The van der Waals surface area contributed by atoms with Crippen LogP contribution >= 0.6 is 11.8 Å². The van der Waals surface area contributed by atoms with Crippen molar-refractivity contribution >= 4 is 17.7 Å². The van der Waals surface area contributed by atoms with Gasteiger partial charge in [0.1, 0.15) is 5.37 Å². The molecule has 1 atom stereocenters. The van der Waals surface area contributed by atoms with Crippen molar-refractivity contribution in [1.29, 1.82) is 0 Å². The number of nitrogens with zero attached hydrogens (tertiary/aromatic N) is 2. The quantitative estimate of drug-likeness (QED) is 0.745. The van der Waals surface area contributed by atoms with Crippen LogP contribution in [-0.2, 0) is 4.79 Å². The topological polar surface area (TPSA) is 33.2 Å². The SMILES string of the molecule is CCCCCCC(=O)N1CCS[C@H]1c1cccnc1. The van der Waals surface area contributed by atoms with Gasteiger partial charge in [0.05, 0.1) is 0 Å². The van der Waals surface area contributed by atoms with E-state index in [1.165, 1.54) is 19.3 Å². The van der Waals surface area contributed by atoms with Crippen molar-refractivity contribution < 1.29 is 4.79 Å². The number of aromatic nitrogens is 1. The second-order valence-electron chi connectivity index (χ2n) is 4.91. The minimum Gasteiger partial charge on any atom is -0.326 e. The van der Waals surface area contributed by atoms with Gasteiger partial charge in [-0.1, -0.05) is 32.3 Å². The van der Waals surface area contributed by atoms with Gasteiger partial charge in [-0.15, -0.1) is 11.8 Å². The zero-order valence-electron chi connectivity index (χ0n) is 11.5. The lowest BCUT2D eigenvalue weighted by Crippen LogP contribution is -2.30. The maximum absolute atomic E-state index is 12.3. The van der Waals surface area contributed by atoms with Gasteiger partial charge in [-0.3, -0.25) is 9.78 Å². The maximum Gasteiger partial charge on any atom is 0.223 e. The van der Waals surface area contributed by atoms with E-state index in [0.29, 0.717) is 12.3 Å². The summed E-state index contributed by atoms with van der Waals surface area (Å²) in [5.74, 6) is 1.33. The minimum absolute atomic E-state index is 0.173. The number of carbonyl (C=O) groups excluding carboxylic acids is 1. The molecule has 1 aliphatic rings. The Kier molecular flexibility index (Phi) is 5.70. The highest BCUT2D eigenvalue weighted by Crippen LogP contribution is 2.37. The van der Waals surface area contributed by atoms with Crippen molar-refractivity contribution in [1.82, 2.24) is 9.88 Å². The summed E-state index contributed by atoms with van der Waals surface area (Å²) in [5, 5.41) is 0.173. The van der Waals surface area contributed by atoms with Crippen LogP contribution in [0.25, 0.3) is 0 Å². The number of hydrogen-bond donors (Lipinski definition) is 0. The fourth-order valence-corrected chi connectivity index (χ4v) is 3.63. The van der Waals surface area contributed by atoms with Gasteiger partial charge in [0.2, 0.25) is 5.91 Å².